The summed E-state index contributed by atoms with van der Waals surface area (Å²) in [5.74, 6) is 0. The van der Waals surface area contributed by atoms with Crippen LogP contribution in [-0.4, -0.2) is 45.4 Å². The third-order valence-corrected chi connectivity index (χ3v) is 3.11. The van der Waals surface area contributed by atoms with E-state index in [1.807, 2.05) is 0 Å². The van der Waals surface area contributed by atoms with Gasteiger partial charge >= 0.3 is 5.69 Å². The number of aliphatic hydroxyl groups excluding tert-OH is 2. The Hall–Kier alpha value is -1.48. The average molecular weight is 272 g/mol. The van der Waals surface area contributed by atoms with Crippen molar-refractivity contribution >= 4 is 0 Å². The van der Waals surface area contributed by atoms with Crippen molar-refractivity contribution in [2.75, 3.05) is 13.4 Å². The quantitative estimate of drug-likeness (QED) is 0.572. The fourth-order valence-electron chi connectivity index (χ4n) is 2.11. The van der Waals surface area contributed by atoms with Crippen molar-refractivity contribution in [2.45, 2.75) is 31.8 Å². The molecule has 19 heavy (non-hydrogen) atoms. The Morgan fingerprint density at radius 3 is 2.89 bits per heavy atom. The highest BCUT2D eigenvalue weighted by molar-refractivity contribution is 5.02. The number of aromatic nitrogens is 2. The summed E-state index contributed by atoms with van der Waals surface area (Å²) in [5, 5.41) is 17.9. The van der Waals surface area contributed by atoms with Gasteiger partial charge in [0, 0.05) is 18.2 Å². The van der Waals surface area contributed by atoms with Crippen molar-refractivity contribution in [1.82, 2.24) is 9.55 Å². The number of hydrogen-bond donors (Lipinski definition) is 3. The fraction of sp³-hybridized carbons (Fsp3) is 0.636. The third kappa shape index (κ3) is 2.76. The van der Waals surface area contributed by atoms with Crippen LogP contribution < -0.4 is 11.2 Å². The topological polar surface area (TPSA) is 114 Å². The molecule has 1 saturated heterocycles. The van der Waals surface area contributed by atoms with Crippen LogP contribution in [0.15, 0.2) is 15.8 Å². The molecule has 2 rings (SSSR count). The minimum Gasteiger partial charge on any atom is -0.394 e. The predicted octanol–water partition coefficient (Wildman–Crippen LogP) is -1.54. The zero-order valence-corrected chi connectivity index (χ0v) is 10.4. The lowest BCUT2D eigenvalue weighted by molar-refractivity contribution is -0.0964. The number of rotatable bonds is 4. The molecule has 1 aromatic rings. The summed E-state index contributed by atoms with van der Waals surface area (Å²) in [6.07, 6.45) is -0.0501. The van der Waals surface area contributed by atoms with Crippen molar-refractivity contribution in [1.29, 1.82) is 0 Å². The van der Waals surface area contributed by atoms with Crippen molar-refractivity contribution in [3.63, 3.8) is 0 Å². The molecule has 3 N–H and O–H groups in total. The number of aromatic amines is 1. The first-order chi connectivity index (χ1) is 9.06. The third-order valence-electron chi connectivity index (χ3n) is 3.11. The molecule has 1 unspecified atom stereocenters. The lowest BCUT2D eigenvalue weighted by Crippen LogP contribution is -2.33. The summed E-state index contributed by atoms with van der Waals surface area (Å²) >= 11 is 0. The molecule has 0 radical (unpaired) electrons. The molecule has 0 bridgehead atoms. The minimum absolute atomic E-state index is 0.280. The van der Waals surface area contributed by atoms with E-state index < -0.39 is 36.5 Å². The van der Waals surface area contributed by atoms with Gasteiger partial charge in [0.2, 0.25) is 0 Å². The van der Waals surface area contributed by atoms with Gasteiger partial charge in [-0.1, -0.05) is 0 Å². The van der Waals surface area contributed by atoms with Gasteiger partial charge in [-0.2, -0.15) is 0 Å². The van der Waals surface area contributed by atoms with Crippen molar-refractivity contribution in [2.24, 2.45) is 0 Å². The molecule has 0 aliphatic carbocycles. The zero-order chi connectivity index (χ0) is 14.0. The Morgan fingerprint density at radius 2 is 2.26 bits per heavy atom. The summed E-state index contributed by atoms with van der Waals surface area (Å²) in [6.45, 7) is 0.810. The van der Waals surface area contributed by atoms with Crippen LogP contribution in [-0.2, 0) is 9.47 Å². The first-order valence-corrected chi connectivity index (χ1v) is 5.87. The second-order valence-electron chi connectivity index (χ2n) is 4.36. The lowest BCUT2D eigenvalue weighted by atomic mass is 10.2. The van der Waals surface area contributed by atoms with E-state index in [1.54, 1.807) is 6.92 Å². The predicted molar refractivity (Wildman–Crippen MR) is 63.6 cm³/mol. The molecule has 8 heteroatoms. The summed E-state index contributed by atoms with van der Waals surface area (Å²) < 4.78 is 11.8. The van der Waals surface area contributed by atoms with Crippen LogP contribution in [0.3, 0.4) is 0 Å². The Bertz CT molecular complexity index is 551. The molecule has 0 amide bonds. The van der Waals surface area contributed by atoms with Gasteiger partial charge in [0.05, 0.1) is 12.7 Å². The molecule has 0 aromatic carbocycles. The van der Waals surface area contributed by atoms with Crippen LogP contribution >= 0.6 is 0 Å². The van der Waals surface area contributed by atoms with Crippen LogP contribution in [0, 0.1) is 6.92 Å². The van der Waals surface area contributed by atoms with E-state index in [-0.39, 0.29) is 6.61 Å². The molecule has 2 heterocycles. The van der Waals surface area contributed by atoms with Crippen LogP contribution in [0.4, 0.5) is 0 Å². The maximum absolute atomic E-state index is 11.7. The molecule has 1 fully saturated rings. The summed E-state index contributed by atoms with van der Waals surface area (Å²) in [5.41, 5.74) is -0.640. The van der Waals surface area contributed by atoms with Crippen LogP contribution in [0.2, 0.25) is 0 Å². The number of aryl methyl sites for hydroxylation is 1. The average Bonchev–Trinajstić information content (AvgIpc) is 2.77. The monoisotopic (exact) mass is 272 g/mol. The van der Waals surface area contributed by atoms with Gasteiger partial charge in [-0.25, -0.2) is 4.79 Å². The standard InChI is InChI=1S/C11H16N2O6/c1-6-3-13(11(17)12-10(6)16)9-2-7(18-5-15)8(4-14)19-9/h3,7-9,14-15H,2,4-5H2,1H3,(H,12,16,17)/t7?,8-,9-/m1/s1. The van der Waals surface area contributed by atoms with Crippen molar-refractivity contribution < 1.29 is 19.7 Å². The molecule has 1 aliphatic rings. The zero-order valence-electron chi connectivity index (χ0n) is 10.4. The Morgan fingerprint density at radius 1 is 1.53 bits per heavy atom. The largest absolute Gasteiger partial charge is 0.394 e. The summed E-state index contributed by atoms with van der Waals surface area (Å²) in [6, 6.07) is 0. The normalized spacial score (nSPS) is 26.8. The molecule has 1 aromatic heterocycles. The van der Waals surface area contributed by atoms with E-state index in [0.29, 0.717) is 12.0 Å². The summed E-state index contributed by atoms with van der Waals surface area (Å²) in [4.78, 5) is 25.2. The molecular weight excluding hydrogens is 256 g/mol. The number of nitrogens with zero attached hydrogens (tertiary/aromatic N) is 1. The molecule has 1 aliphatic heterocycles. The van der Waals surface area contributed by atoms with E-state index in [2.05, 4.69) is 4.98 Å². The molecule has 0 saturated carbocycles. The Labute approximate surface area is 108 Å². The molecular formula is C11H16N2O6. The fourth-order valence-corrected chi connectivity index (χ4v) is 2.11. The molecule has 3 atom stereocenters. The van der Waals surface area contributed by atoms with Gasteiger partial charge in [0.15, 0.2) is 0 Å². The highest BCUT2D eigenvalue weighted by atomic mass is 16.6. The van der Waals surface area contributed by atoms with E-state index in [4.69, 9.17) is 19.7 Å². The molecule has 8 nitrogen and oxygen atoms in total. The van der Waals surface area contributed by atoms with Gasteiger partial charge in [-0.3, -0.25) is 14.3 Å². The Balaban J connectivity index is 2.27. The van der Waals surface area contributed by atoms with Crippen molar-refractivity contribution in [3.05, 3.63) is 32.6 Å². The summed E-state index contributed by atoms with van der Waals surface area (Å²) in [7, 11) is 0. The number of hydrogen-bond acceptors (Lipinski definition) is 6. The number of ether oxygens (including phenoxy) is 2. The molecule has 0 spiro atoms. The first kappa shape index (κ1) is 13.9. The van der Waals surface area contributed by atoms with Crippen LogP contribution in [0.25, 0.3) is 0 Å². The van der Waals surface area contributed by atoms with E-state index in [0.717, 1.165) is 0 Å². The Kier molecular flexibility index (Phi) is 4.15. The lowest BCUT2D eigenvalue weighted by Gasteiger charge is -2.15. The van der Waals surface area contributed by atoms with Gasteiger partial charge in [0.25, 0.3) is 5.56 Å². The van der Waals surface area contributed by atoms with Crippen LogP contribution in [0.5, 0.6) is 0 Å². The smallest absolute Gasteiger partial charge is 0.330 e. The maximum atomic E-state index is 11.7. The molecule has 106 valence electrons. The van der Waals surface area contributed by atoms with Gasteiger partial charge in [-0.15, -0.1) is 0 Å². The first-order valence-electron chi connectivity index (χ1n) is 5.87. The SMILES string of the molecule is Cc1cn([C@H]2CC(OCO)[C@@H](CO)O2)c(=O)[nH]c1=O. The van der Waals surface area contributed by atoms with Gasteiger partial charge in [-0.05, 0) is 6.92 Å². The van der Waals surface area contributed by atoms with E-state index in [1.165, 1.54) is 10.8 Å². The number of aliphatic hydroxyl groups is 2. The number of H-pyrrole nitrogens is 1. The highest BCUT2D eigenvalue weighted by Gasteiger charge is 2.37. The van der Waals surface area contributed by atoms with E-state index >= 15 is 0 Å². The highest BCUT2D eigenvalue weighted by Crippen LogP contribution is 2.29. The second kappa shape index (κ2) is 5.66. The number of nitrogens with one attached hydrogen (secondary N) is 1. The van der Waals surface area contributed by atoms with E-state index in [9.17, 15) is 9.59 Å². The van der Waals surface area contributed by atoms with Gasteiger partial charge < -0.3 is 19.7 Å². The van der Waals surface area contributed by atoms with Gasteiger partial charge in [0.1, 0.15) is 19.1 Å². The minimum atomic E-state index is -0.642. The van der Waals surface area contributed by atoms with Crippen LogP contribution in [0.1, 0.15) is 18.2 Å². The second-order valence-corrected chi connectivity index (χ2v) is 4.36. The van der Waals surface area contributed by atoms with Crippen molar-refractivity contribution in [3.8, 4) is 0 Å². The maximum Gasteiger partial charge on any atom is 0.330 e.